The highest BCUT2D eigenvalue weighted by Crippen LogP contribution is 2.13. The van der Waals surface area contributed by atoms with E-state index in [1.54, 1.807) is 0 Å². The van der Waals surface area contributed by atoms with Crippen LogP contribution in [0.1, 0.15) is 34.6 Å². The molecule has 1 aromatic heterocycles. The summed E-state index contributed by atoms with van der Waals surface area (Å²) in [6, 6.07) is 3.79. The zero-order valence-corrected chi connectivity index (χ0v) is 9.29. The summed E-state index contributed by atoms with van der Waals surface area (Å²) in [5.41, 5.74) is 2.66. The molecule has 0 aliphatic carbocycles. The molecule has 0 spiro atoms. The van der Waals surface area contributed by atoms with Crippen LogP contribution in [0.5, 0.6) is 0 Å². The van der Waals surface area contributed by atoms with E-state index in [4.69, 9.17) is 0 Å². The SMILES string of the molecule is Cc1ccc(C(=O)N2CCCC2)nc1C. The highest BCUT2D eigenvalue weighted by molar-refractivity contribution is 5.92. The Bertz CT molecular complexity index is 381. The number of carbonyl (C=O) groups excluding carboxylic acids is 1. The van der Waals surface area contributed by atoms with Crippen molar-refractivity contribution < 1.29 is 4.79 Å². The van der Waals surface area contributed by atoms with Crippen LogP contribution in [0, 0.1) is 13.8 Å². The first-order valence-electron chi connectivity index (χ1n) is 5.42. The maximum absolute atomic E-state index is 12.0. The summed E-state index contributed by atoms with van der Waals surface area (Å²) in [6.45, 7) is 5.71. The summed E-state index contributed by atoms with van der Waals surface area (Å²) in [7, 11) is 0. The normalized spacial score (nSPS) is 15.7. The van der Waals surface area contributed by atoms with Crippen molar-refractivity contribution >= 4 is 5.91 Å². The summed E-state index contributed by atoms with van der Waals surface area (Å²) in [5, 5.41) is 0. The fraction of sp³-hybridized carbons (Fsp3) is 0.500. The van der Waals surface area contributed by atoms with Gasteiger partial charge in [-0.3, -0.25) is 4.79 Å². The molecule has 1 amide bonds. The molecule has 15 heavy (non-hydrogen) atoms. The molecule has 80 valence electrons. The molecular weight excluding hydrogens is 188 g/mol. The van der Waals surface area contributed by atoms with Crippen molar-refractivity contribution in [2.24, 2.45) is 0 Å². The second-order valence-electron chi connectivity index (χ2n) is 4.10. The van der Waals surface area contributed by atoms with Crippen LogP contribution in [0.25, 0.3) is 0 Å². The van der Waals surface area contributed by atoms with Gasteiger partial charge >= 0.3 is 0 Å². The third-order valence-corrected chi connectivity index (χ3v) is 2.96. The van der Waals surface area contributed by atoms with Gasteiger partial charge in [-0.25, -0.2) is 4.98 Å². The lowest BCUT2D eigenvalue weighted by Gasteiger charge is -2.14. The zero-order valence-electron chi connectivity index (χ0n) is 9.29. The molecule has 2 heterocycles. The first-order chi connectivity index (χ1) is 7.18. The van der Waals surface area contributed by atoms with Crippen molar-refractivity contribution in [1.29, 1.82) is 0 Å². The average molecular weight is 204 g/mol. The summed E-state index contributed by atoms with van der Waals surface area (Å²) in [4.78, 5) is 18.2. The number of nitrogens with zero attached hydrogens (tertiary/aromatic N) is 2. The lowest BCUT2D eigenvalue weighted by Crippen LogP contribution is -2.28. The molecule has 0 unspecified atom stereocenters. The number of rotatable bonds is 1. The number of hydrogen-bond donors (Lipinski definition) is 0. The van der Waals surface area contributed by atoms with Crippen LogP contribution >= 0.6 is 0 Å². The Balaban J connectivity index is 2.21. The average Bonchev–Trinajstić information content (AvgIpc) is 2.74. The van der Waals surface area contributed by atoms with Gasteiger partial charge in [0, 0.05) is 18.8 Å². The van der Waals surface area contributed by atoms with Crippen LogP contribution in [0.15, 0.2) is 12.1 Å². The number of amides is 1. The highest BCUT2D eigenvalue weighted by atomic mass is 16.2. The van der Waals surface area contributed by atoms with E-state index in [9.17, 15) is 4.79 Å². The maximum atomic E-state index is 12.0. The summed E-state index contributed by atoms with van der Waals surface area (Å²) < 4.78 is 0. The standard InChI is InChI=1S/C12H16N2O/c1-9-5-6-11(13-10(9)2)12(15)14-7-3-4-8-14/h5-6H,3-4,7-8H2,1-2H3. The lowest BCUT2D eigenvalue weighted by molar-refractivity contribution is 0.0787. The minimum absolute atomic E-state index is 0.0793. The Morgan fingerprint density at radius 3 is 2.53 bits per heavy atom. The van der Waals surface area contributed by atoms with Crippen LogP contribution in [-0.4, -0.2) is 28.9 Å². The number of pyridine rings is 1. The zero-order chi connectivity index (χ0) is 10.8. The predicted molar refractivity (Wildman–Crippen MR) is 58.8 cm³/mol. The van der Waals surface area contributed by atoms with Crippen molar-refractivity contribution in [3.05, 3.63) is 29.1 Å². The van der Waals surface area contributed by atoms with Gasteiger partial charge in [0.25, 0.3) is 5.91 Å². The van der Waals surface area contributed by atoms with Gasteiger partial charge < -0.3 is 4.90 Å². The Hall–Kier alpha value is -1.38. The van der Waals surface area contributed by atoms with Crippen molar-refractivity contribution in [3.63, 3.8) is 0 Å². The molecule has 0 atom stereocenters. The van der Waals surface area contributed by atoms with Gasteiger partial charge in [-0.05, 0) is 38.3 Å². The molecule has 1 aliphatic heterocycles. The van der Waals surface area contributed by atoms with E-state index in [0.29, 0.717) is 5.69 Å². The molecule has 0 aromatic carbocycles. The fourth-order valence-electron chi connectivity index (χ4n) is 1.83. The molecule has 0 saturated carbocycles. The van der Waals surface area contributed by atoms with Crippen molar-refractivity contribution in [1.82, 2.24) is 9.88 Å². The van der Waals surface area contributed by atoms with Gasteiger partial charge in [0.2, 0.25) is 0 Å². The quantitative estimate of drug-likeness (QED) is 0.700. The Kier molecular flexibility index (Phi) is 2.71. The largest absolute Gasteiger partial charge is 0.337 e. The molecule has 0 N–H and O–H groups in total. The smallest absolute Gasteiger partial charge is 0.272 e. The monoisotopic (exact) mass is 204 g/mol. The van der Waals surface area contributed by atoms with Crippen LogP contribution in [-0.2, 0) is 0 Å². The number of carbonyl (C=O) groups is 1. The number of likely N-dealkylation sites (tertiary alicyclic amines) is 1. The molecule has 3 heteroatoms. The molecule has 0 bridgehead atoms. The van der Waals surface area contributed by atoms with Crippen molar-refractivity contribution in [3.8, 4) is 0 Å². The van der Waals surface area contributed by atoms with E-state index >= 15 is 0 Å². The maximum Gasteiger partial charge on any atom is 0.272 e. The number of aryl methyl sites for hydroxylation is 2. The molecule has 1 fully saturated rings. The van der Waals surface area contributed by atoms with Crippen LogP contribution in [0.4, 0.5) is 0 Å². The summed E-state index contributed by atoms with van der Waals surface area (Å²) >= 11 is 0. The van der Waals surface area contributed by atoms with Gasteiger partial charge in [-0.2, -0.15) is 0 Å². The highest BCUT2D eigenvalue weighted by Gasteiger charge is 2.20. The van der Waals surface area contributed by atoms with Crippen LogP contribution in [0.2, 0.25) is 0 Å². The molecule has 3 nitrogen and oxygen atoms in total. The van der Waals surface area contributed by atoms with Crippen LogP contribution < -0.4 is 0 Å². The molecule has 1 saturated heterocycles. The van der Waals surface area contributed by atoms with E-state index in [1.165, 1.54) is 0 Å². The van der Waals surface area contributed by atoms with E-state index in [1.807, 2.05) is 30.9 Å². The third-order valence-electron chi connectivity index (χ3n) is 2.96. The van der Waals surface area contributed by atoms with Crippen molar-refractivity contribution in [2.45, 2.75) is 26.7 Å². The third kappa shape index (κ3) is 2.01. The molecule has 0 radical (unpaired) electrons. The minimum Gasteiger partial charge on any atom is -0.337 e. The second kappa shape index (κ2) is 4.01. The molecular formula is C12H16N2O. The fourth-order valence-corrected chi connectivity index (χ4v) is 1.83. The van der Waals surface area contributed by atoms with Gasteiger partial charge in [0.15, 0.2) is 0 Å². The second-order valence-corrected chi connectivity index (χ2v) is 4.10. The minimum atomic E-state index is 0.0793. The molecule has 1 aromatic rings. The molecule has 1 aliphatic rings. The van der Waals surface area contributed by atoms with E-state index in [-0.39, 0.29) is 5.91 Å². The van der Waals surface area contributed by atoms with E-state index in [0.717, 1.165) is 37.2 Å². The summed E-state index contributed by atoms with van der Waals surface area (Å²) in [5.74, 6) is 0.0793. The Morgan fingerprint density at radius 1 is 1.27 bits per heavy atom. The number of aromatic nitrogens is 1. The van der Waals surface area contributed by atoms with Crippen LogP contribution in [0.3, 0.4) is 0 Å². The van der Waals surface area contributed by atoms with Gasteiger partial charge in [0.05, 0.1) is 0 Å². The lowest BCUT2D eigenvalue weighted by atomic mass is 10.2. The predicted octanol–water partition coefficient (Wildman–Crippen LogP) is 1.93. The first kappa shape index (κ1) is 10.1. The van der Waals surface area contributed by atoms with Gasteiger partial charge in [0.1, 0.15) is 5.69 Å². The van der Waals surface area contributed by atoms with Gasteiger partial charge in [-0.15, -0.1) is 0 Å². The number of hydrogen-bond acceptors (Lipinski definition) is 2. The Morgan fingerprint density at radius 2 is 1.93 bits per heavy atom. The van der Waals surface area contributed by atoms with E-state index in [2.05, 4.69) is 4.98 Å². The van der Waals surface area contributed by atoms with Crippen molar-refractivity contribution in [2.75, 3.05) is 13.1 Å². The topological polar surface area (TPSA) is 33.2 Å². The van der Waals surface area contributed by atoms with E-state index < -0.39 is 0 Å². The Labute approximate surface area is 90.1 Å². The first-order valence-corrected chi connectivity index (χ1v) is 5.42. The summed E-state index contributed by atoms with van der Waals surface area (Å²) in [6.07, 6.45) is 2.24. The van der Waals surface area contributed by atoms with Gasteiger partial charge in [-0.1, -0.05) is 6.07 Å². The molecule has 2 rings (SSSR count).